The number of rotatable bonds is 3. The van der Waals surface area contributed by atoms with E-state index in [9.17, 15) is 4.79 Å². The van der Waals surface area contributed by atoms with Gasteiger partial charge in [0.25, 0.3) is 0 Å². The predicted octanol–water partition coefficient (Wildman–Crippen LogP) is 4.04. The molecule has 2 rings (SSSR count). The Kier molecular flexibility index (Phi) is 4.08. The number of aliphatic imine (C=N–C) groups is 1. The van der Waals surface area contributed by atoms with Crippen LogP contribution in [-0.4, -0.2) is 16.5 Å². The first-order valence-corrected chi connectivity index (χ1v) is 6.59. The molecule has 0 saturated carbocycles. The number of nitrogens with zero attached hydrogens (tertiary/aromatic N) is 2. The van der Waals surface area contributed by atoms with Crippen molar-refractivity contribution in [2.75, 3.05) is 0 Å². The van der Waals surface area contributed by atoms with E-state index in [1.54, 1.807) is 6.07 Å². The van der Waals surface area contributed by atoms with Crippen molar-refractivity contribution in [3.63, 3.8) is 0 Å². The van der Waals surface area contributed by atoms with E-state index in [4.69, 9.17) is 0 Å². The van der Waals surface area contributed by atoms with Crippen molar-refractivity contribution in [3.05, 3.63) is 58.9 Å². The van der Waals surface area contributed by atoms with Gasteiger partial charge in [-0.05, 0) is 44.0 Å². The van der Waals surface area contributed by atoms with Gasteiger partial charge in [-0.3, -0.25) is 9.79 Å². The van der Waals surface area contributed by atoms with E-state index in [2.05, 4.69) is 9.98 Å². The molecule has 3 heteroatoms. The number of carbonyl (C=O) groups is 1. The lowest BCUT2D eigenvalue weighted by Gasteiger charge is -2.07. The highest BCUT2D eigenvalue weighted by atomic mass is 16.1. The van der Waals surface area contributed by atoms with Crippen LogP contribution < -0.4 is 0 Å². The number of ketones is 1. The molecule has 20 heavy (non-hydrogen) atoms. The Morgan fingerprint density at radius 3 is 2.10 bits per heavy atom. The van der Waals surface area contributed by atoms with Crippen molar-refractivity contribution in [1.82, 2.24) is 4.98 Å². The quantitative estimate of drug-likeness (QED) is 0.621. The minimum atomic E-state index is -0.0354. The van der Waals surface area contributed by atoms with Crippen molar-refractivity contribution < 1.29 is 4.79 Å². The molecule has 0 aliphatic rings. The molecule has 0 amide bonds. The molecule has 0 saturated heterocycles. The molecule has 0 spiro atoms. The lowest BCUT2D eigenvalue weighted by molar-refractivity contribution is 0.101. The molecule has 1 aromatic heterocycles. The summed E-state index contributed by atoms with van der Waals surface area (Å²) < 4.78 is 0. The summed E-state index contributed by atoms with van der Waals surface area (Å²) in [6.45, 7) is 7.51. The molecule has 1 heterocycles. The highest BCUT2D eigenvalue weighted by molar-refractivity contribution is 6.00. The Bertz CT molecular complexity index is 667. The molecular formula is C17H18N2O. The molecule has 0 radical (unpaired) electrons. The van der Waals surface area contributed by atoms with Crippen molar-refractivity contribution in [2.45, 2.75) is 27.7 Å². The number of aryl methyl sites for hydroxylation is 2. The van der Waals surface area contributed by atoms with E-state index in [0.717, 1.165) is 28.2 Å². The number of para-hydroxylation sites is 1. The zero-order valence-electron chi connectivity index (χ0n) is 12.3. The molecular weight excluding hydrogens is 248 g/mol. The second kappa shape index (κ2) is 5.78. The number of carbonyl (C=O) groups excluding carboxylic acids is 1. The highest BCUT2D eigenvalue weighted by Crippen LogP contribution is 2.23. The van der Waals surface area contributed by atoms with Crippen molar-refractivity contribution in [1.29, 1.82) is 0 Å². The molecule has 0 fully saturated rings. The lowest BCUT2D eigenvalue weighted by Crippen LogP contribution is -2.04. The molecule has 0 atom stereocenters. The standard InChI is InChI=1S/C17H18N2O/c1-11-7-5-8-12(2)17(11)18-13(3)15-9-6-10-16(19-15)14(4)20/h5-10H,1-4H3. The van der Waals surface area contributed by atoms with Gasteiger partial charge in [-0.15, -0.1) is 0 Å². The van der Waals surface area contributed by atoms with Gasteiger partial charge in [-0.2, -0.15) is 0 Å². The van der Waals surface area contributed by atoms with Crippen LogP contribution in [0.3, 0.4) is 0 Å². The Morgan fingerprint density at radius 1 is 0.950 bits per heavy atom. The van der Waals surface area contributed by atoms with Gasteiger partial charge >= 0.3 is 0 Å². The minimum Gasteiger partial charge on any atom is -0.293 e. The van der Waals surface area contributed by atoms with E-state index < -0.39 is 0 Å². The Morgan fingerprint density at radius 2 is 1.50 bits per heavy atom. The third kappa shape index (κ3) is 2.99. The highest BCUT2D eigenvalue weighted by Gasteiger charge is 2.06. The Hall–Kier alpha value is -2.29. The fourth-order valence-corrected chi connectivity index (χ4v) is 2.04. The zero-order valence-corrected chi connectivity index (χ0v) is 12.3. The molecule has 102 valence electrons. The fraction of sp³-hybridized carbons (Fsp3) is 0.235. The third-order valence-electron chi connectivity index (χ3n) is 3.20. The topological polar surface area (TPSA) is 42.3 Å². The molecule has 0 bridgehead atoms. The third-order valence-corrected chi connectivity index (χ3v) is 3.20. The summed E-state index contributed by atoms with van der Waals surface area (Å²) in [5.74, 6) is -0.0354. The van der Waals surface area contributed by atoms with E-state index >= 15 is 0 Å². The maximum atomic E-state index is 11.4. The van der Waals surface area contributed by atoms with Gasteiger partial charge in [0.1, 0.15) is 5.69 Å². The lowest BCUT2D eigenvalue weighted by atomic mass is 10.1. The molecule has 0 N–H and O–H groups in total. The van der Waals surface area contributed by atoms with Crippen molar-refractivity contribution in [3.8, 4) is 0 Å². The second-order valence-corrected chi connectivity index (χ2v) is 4.90. The molecule has 0 unspecified atom stereocenters. The molecule has 0 aliphatic heterocycles. The van der Waals surface area contributed by atoms with Crippen LogP contribution in [0, 0.1) is 13.8 Å². The van der Waals surface area contributed by atoms with Gasteiger partial charge in [0.2, 0.25) is 0 Å². The van der Waals surface area contributed by atoms with E-state index in [-0.39, 0.29) is 5.78 Å². The van der Waals surface area contributed by atoms with Crippen LogP contribution >= 0.6 is 0 Å². The van der Waals surface area contributed by atoms with Crippen LogP contribution in [0.4, 0.5) is 5.69 Å². The van der Waals surface area contributed by atoms with E-state index in [0.29, 0.717) is 5.69 Å². The van der Waals surface area contributed by atoms with Crippen LogP contribution in [0.25, 0.3) is 0 Å². The normalized spacial score (nSPS) is 11.5. The van der Waals surface area contributed by atoms with Gasteiger partial charge in [0.15, 0.2) is 5.78 Å². The number of benzene rings is 1. The van der Waals surface area contributed by atoms with Crippen molar-refractivity contribution in [2.24, 2.45) is 4.99 Å². The minimum absolute atomic E-state index is 0.0354. The first-order chi connectivity index (χ1) is 9.49. The van der Waals surface area contributed by atoms with Crippen LogP contribution in [0.2, 0.25) is 0 Å². The average molecular weight is 266 g/mol. The zero-order chi connectivity index (χ0) is 14.7. The summed E-state index contributed by atoms with van der Waals surface area (Å²) >= 11 is 0. The maximum absolute atomic E-state index is 11.4. The Balaban J connectivity index is 2.45. The first kappa shape index (κ1) is 14.1. The van der Waals surface area contributed by atoms with Crippen molar-refractivity contribution >= 4 is 17.2 Å². The SMILES string of the molecule is CC(=O)c1cccc(C(C)=Nc2c(C)cccc2C)n1. The summed E-state index contributed by atoms with van der Waals surface area (Å²) in [5.41, 5.74) is 5.25. The predicted molar refractivity (Wildman–Crippen MR) is 82.0 cm³/mol. The van der Waals surface area contributed by atoms with Gasteiger partial charge in [-0.25, -0.2) is 4.98 Å². The number of hydrogen-bond acceptors (Lipinski definition) is 3. The Labute approximate surface area is 119 Å². The van der Waals surface area contributed by atoms with Crippen LogP contribution in [0.15, 0.2) is 41.4 Å². The van der Waals surface area contributed by atoms with E-state index in [1.165, 1.54) is 6.92 Å². The fourth-order valence-electron chi connectivity index (χ4n) is 2.04. The first-order valence-electron chi connectivity index (χ1n) is 6.59. The van der Waals surface area contributed by atoms with Crippen LogP contribution in [-0.2, 0) is 0 Å². The molecule has 1 aromatic carbocycles. The number of hydrogen-bond donors (Lipinski definition) is 0. The second-order valence-electron chi connectivity index (χ2n) is 4.90. The van der Waals surface area contributed by atoms with E-state index in [1.807, 2.05) is 51.1 Å². The number of pyridine rings is 1. The number of aromatic nitrogens is 1. The number of Topliss-reactive ketones (excluding diaryl/α,β-unsaturated/α-hetero) is 1. The summed E-state index contributed by atoms with van der Waals surface area (Å²) in [4.78, 5) is 20.4. The maximum Gasteiger partial charge on any atom is 0.178 e. The summed E-state index contributed by atoms with van der Waals surface area (Å²) in [6, 6.07) is 11.5. The van der Waals surface area contributed by atoms with Gasteiger partial charge < -0.3 is 0 Å². The largest absolute Gasteiger partial charge is 0.293 e. The summed E-state index contributed by atoms with van der Waals surface area (Å²) in [5, 5.41) is 0. The summed E-state index contributed by atoms with van der Waals surface area (Å²) in [6.07, 6.45) is 0. The molecule has 3 nitrogen and oxygen atoms in total. The van der Waals surface area contributed by atoms with Crippen LogP contribution in [0.1, 0.15) is 41.2 Å². The van der Waals surface area contributed by atoms with Gasteiger partial charge in [-0.1, -0.05) is 24.3 Å². The summed E-state index contributed by atoms with van der Waals surface area (Å²) in [7, 11) is 0. The average Bonchev–Trinajstić information content (AvgIpc) is 2.43. The monoisotopic (exact) mass is 266 g/mol. The molecule has 0 aliphatic carbocycles. The van der Waals surface area contributed by atoms with Gasteiger partial charge in [0.05, 0.1) is 17.1 Å². The smallest absolute Gasteiger partial charge is 0.178 e. The molecule has 2 aromatic rings. The van der Waals surface area contributed by atoms with Gasteiger partial charge in [0, 0.05) is 6.92 Å². The van der Waals surface area contributed by atoms with Crippen LogP contribution in [0.5, 0.6) is 0 Å².